The van der Waals surface area contributed by atoms with Crippen LogP contribution in [0.25, 0.3) is 0 Å². The van der Waals surface area contributed by atoms with Crippen LogP contribution >= 0.6 is 11.8 Å². The predicted octanol–water partition coefficient (Wildman–Crippen LogP) is 3.66. The van der Waals surface area contributed by atoms with E-state index in [0.29, 0.717) is 12.0 Å². The van der Waals surface area contributed by atoms with Gasteiger partial charge in [0.25, 0.3) is 0 Å². The van der Waals surface area contributed by atoms with Crippen molar-refractivity contribution in [2.24, 2.45) is 0 Å². The van der Waals surface area contributed by atoms with Crippen LogP contribution < -0.4 is 0 Å². The van der Waals surface area contributed by atoms with E-state index in [2.05, 4.69) is 6.07 Å². The van der Waals surface area contributed by atoms with Crippen LogP contribution in [-0.2, 0) is 6.42 Å². The van der Waals surface area contributed by atoms with Gasteiger partial charge in [-0.15, -0.1) is 0 Å². The minimum atomic E-state index is -4.21. The topological polar surface area (TPSA) is 0 Å². The highest BCUT2D eigenvalue weighted by atomic mass is 32.2. The zero-order valence-electron chi connectivity index (χ0n) is 6.98. The largest absolute Gasteiger partial charge is 0.446 e. The van der Waals surface area contributed by atoms with E-state index in [1.54, 1.807) is 12.1 Å². The highest BCUT2D eigenvalue weighted by Gasteiger charge is 2.29. The van der Waals surface area contributed by atoms with E-state index in [4.69, 9.17) is 0 Å². The zero-order chi connectivity index (χ0) is 9.90. The second-order valence-corrected chi connectivity index (χ2v) is 3.52. The zero-order valence-corrected chi connectivity index (χ0v) is 7.80. The SMILES string of the molecule is CCc1[c]cccc1SC(F)(F)F. The lowest BCUT2D eigenvalue weighted by molar-refractivity contribution is -0.0328. The number of thioether (sulfide) groups is 1. The molecule has 71 valence electrons. The van der Waals surface area contributed by atoms with Gasteiger partial charge in [0.1, 0.15) is 0 Å². The number of aryl methyl sites for hydroxylation is 1. The Hall–Kier alpha value is -0.640. The van der Waals surface area contributed by atoms with Crippen LogP contribution in [0, 0.1) is 6.07 Å². The summed E-state index contributed by atoms with van der Waals surface area (Å²) in [7, 11) is 0. The maximum atomic E-state index is 12.0. The molecular formula is C9H8F3S. The second-order valence-electron chi connectivity index (χ2n) is 2.41. The van der Waals surface area contributed by atoms with Gasteiger partial charge in [-0.25, -0.2) is 0 Å². The lowest BCUT2D eigenvalue weighted by Crippen LogP contribution is -2.00. The highest BCUT2D eigenvalue weighted by molar-refractivity contribution is 8.00. The molecule has 0 heterocycles. The first-order valence-corrected chi connectivity index (χ1v) is 4.60. The molecule has 0 N–H and O–H groups in total. The second kappa shape index (κ2) is 4.05. The predicted molar refractivity (Wildman–Crippen MR) is 46.6 cm³/mol. The molecule has 0 nitrogen and oxygen atoms in total. The number of hydrogen-bond donors (Lipinski definition) is 0. The van der Waals surface area contributed by atoms with Crippen molar-refractivity contribution in [3.05, 3.63) is 29.8 Å². The Morgan fingerprint density at radius 1 is 1.46 bits per heavy atom. The van der Waals surface area contributed by atoms with Gasteiger partial charge in [0, 0.05) is 4.90 Å². The van der Waals surface area contributed by atoms with E-state index in [0.717, 1.165) is 0 Å². The van der Waals surface area contributed by atoms with E-state index in [1.165, 1.54) is 6.07 Å². The number of alkyl halides is 3. The summed E-state index contributed by atoms with van der Waals surface area (Å²) in [5.41, 5.74) is -3.59. The molecule has 1 radical (unpaired) electrons. The van der Waals surface area contributed by atoms with Crippen LogP contribution in [-0.4, -0.2) is 5.51 Å². The fourth-order valence-electron chi connectivity index (χ4n) is 0.953. The number of rotatable bonds is 2. The Morgan fingerprint density at radius 2 is 2.15 bits per heavy atom. The summed E-state index contributed by atoms with van der Waals surface area (Å²) in [5, 5.41) is 0. The van der Waals surface area contributed by atoms with Gasteiger partial charge in [-0.2, -0.15) is 13.2 Å². The van der Waals surface area contributed by atoms with Crippen molar-refractivity contribution in [3.8, 4) is 0 Å². The average Bonchev–Trinajstić information content (AvgIpc) is 2.02. The minimum Gasteiger partial charge on any atom is -0.160 e. The van der Waals surface area contributed by atoms with Gasteiger partial charge in [-0.05, 0) is 35.9 Å². The molecule has 0 aromatic heterocycles. The van der Waals surface area contributed by atoms with Gasteiger partial charge < -0.3 is 0 Å². The molecule has 0 saturated carbocycles. The molecule has 0 aliphatic heterocycles. The summed E-state index contributed by atoms with van der Waals surface area (Å²) in [5.74, 6) is 0. The molecule has 0 unspecified atom stereocenters. The molecule has 1 aromatic carbocycles. The summed E-state index contributed by atoms with van der Waals surface area (Å²) >= 11 is -0.0793. The maximum absolute atomic E-state index is 12.0. The molecule has 1 aromatic rings. The van der Waals surface area contributed by atoms with E-state index in [-0.39, 0.29) is 16.7 Å². The Labute approximate surface area is 79.1 Å². The molecule has 0 bridgehead atoms. The summed E-state index contributed by atoms with van der Waals surface area (Å²) < 4.78 is 36.0. The Balaban J connectivity index is 2.87. The van der Waals surface area contributed by atoms with Crippen molar-refractivity contribution >= 4 is 11.8 Å². The average molecular weight is 205 g/mol. The summed E-state index contributed by atoms with van der Waals surface area (Å²) in [6.45, 7) is 1.81. The van der Waals surface area contributed by atoms with Crippen LogP contribution in [0.4, 0.5) is 13.2 Å². The van der Waals surface area contributed by atoms with Gasteiger partial charge in [0.15, 0.2) is 0 Å². The standard InChI is InChI=1S/C9H8F3S/c1-2-7-5-3-4-6-8(7)13-9(10,11)12/h3-4,6H,2H2,1H3. The highest BCUT2D eigenvalue weighted by Crippen LogP contribution is 2.38. The van der Waals surface area contributed by atoms with Crippen molar-refractivity contribution in [1.82, 2.24) is 0 Å². The van der Waals surface area contributed by atoms with Gasteiger partial charge in [-0.1, -0.05) is 19.1 Å². The van der Waals surface area contributed by atoms with E-state index >= 15 is 0 Å². The first-order valence-electron chi connectivity index (χ1n) is 3.78. The summed E-state index contributed by atoms with van der Waals surface area (Å²) in [6, 6.07) is 7.44. The molecule has 0 amide bonds. The molecule has 4 heteroatoms. The fourth-order valence-corrected chi connectivity index (χ4v) is 1.67. The molecule has 0 aliphatic rings. The molecule has 0 aliphatic carbocycles. The molecule has 0 fully saturated rings. The van der Waals surface area contributed by atoms with Crippen molar-refractivity contribution < 1.29 is 13.2 Å². The molecule has 0 saturated heterocycles. The fraction of sp³-hybridized carbons (Fsp3) is 0.333. The normalized spacial score (nSPS) is 11.7. The van der Waals surface area contributed by atoms with Crippen LogP contribution in [0.2, 0.25) is 0 Å². The third-order valence-electron chi connectivity index (χ3n) is 1.48. The molecule has 1 rings (SSSR count). The van der Waals surface area contributed by atoms with Crippen molar-refractivity contribution in [3.63, 3.8) is 0 Å². The Morgan fingerprint density at radius 3 is 2.69 bits per heavy atom. The molecular weight excluding hydrogens is 197 g/mol. The van der Waals surface area contributed by atoms with Crippen LogP contribution in [0.15, 0.2) is 23.1 Å². The summed E-state index contributed by atoms with van der Waals surface area (Å²) in [6.07, 6.45) is 0.569. The lowest BCUT2D eigenvalue weighted by Gasteiger charge is -2.08. The smallest absolute Gasteiger partial charge is 0.160 e. The van der Waals surface area contributed by atoms with E-state index < -0.39 is 5.51 Å². The summed E-state index contributed by atoms with van der Waals surface area (Å²) in [4.78, 5) is 0.248. The van der Waals surface area contributed by atoms with Gasteiger partial charge in [0.2, 0.25) is 0 Å². The van der Waals surface area contributed by atoms with Gasteiger partial charge in [0.05, 0.1) is 0 Å². The van der Waals surface area contributed by atoms with Gasteiger partial charge in [-0.3, -0.25) is 0 Å². The number of benzene rings is 1. The Kier molecular flexibility index (Phi) is 3.25. The molecule has 13 heavy (non-hydrogen) atoms. The van der Waals surface area contributed by atoms with Crippen molar-refractivity contribution in [2.45, 2.75) is 23.7 Å². The monoisotopic (exact) mass is 205 g/mol. The first-order chi connectivity index (χ1) is 6.03. The van der Waals surface area contributed by atoms with Gasteiger partial charge >= 0.3 is 5.51 Å². The maximum Gasteiger partial charge on any atom is 0.446 e. The van der Waals surface area contributed by atoms with Crippen LogP contribution in [0.1, 0.15) is 12.5 Å². The third-order valence-corrected chi connectivity index (χ3v) is 2.31. The Bertz CT molecular complexity index is 280. The van der Waals surface area contributed by atoms with Crippen molar-refractivity contribution in [1.29, 1.82) is 0 Å². The number of halogens is 3. The van der Waals surface area contributed by atoms with Crippen LogP contribution in [0.3, 0.4) is 0 Å². The lowest BCUT2D eigenvalue weighted by atomic mass is 10.2. The third kappa shape index (κ3) is 3.30. The molecule has 0 spiro atoms. The van der Waals surface area contributed by atoms with E-state index in [1.807, 2.05) is 6.92 Å². The van der Waals surface area contributed by atoms with Crippen LogP contribution in [0.5, 0.6) is 0 Å². The minimum absolute atomic E-state index is 0.0793. The van der Waals surface area contributed by atoms with E-state index in [9.17, 15) is 13.2 Å². The van der Waals surface area contributed by atoms with Crippen molar-refractivity contribution in [2.75, 3.05) is 0 Å². The number of hydrogen-bond acceptors (Lipinski definition) is 1. The molecule has 0 atom stereocenters. The quantitative estimate of drug-likeness (QED) is 0.664. The first kappa shape index (κ1) is 10.4.